The molecule has 3 unspecified atom stereocenters. The molecule has 1 aliphatic heterocycles. The Morgan fingerprint density at radius 3 is 2.81 bits per heavy atom. The molecule has 3 atom stereocenters. The smallest absolute Gasteiger partial charge is 0.441 e. The molecule has 1 saturated heterocycles. The molecule has 31 heavy (non-hydrogen) atoms. The van der Waals surface area contributed by atoms with Crippen molar-refractivity contribution in [2.45, 2.75) is 64.1 Å². The number of hydrogen-bond donors (Lipinski definition) is 1. The number of carbonyl (C=O) groups is 1. The van der Waals surface area contributed by atoms with E-state index in [1.165, 1.54) is 6.07 Å². The lowest BCUT2D eigenvalue weighted by Gasteiger charge is -2.34. The minimum absolute atomic E-state index is 0.237. The molecule has 1 saturated carbocycles. The topological polar surface area (TPSA) is 93.9 Å². The minimum Gasteiger partial charge on any atom is -0.441 e. The highest BCUT2D eigenvalue weighted by Crippen LogP contribution is 2.47. The third-order valence-electron chi connectivity index (χ3n) is 5.65. The lowest BCUT2D eigenvalue weighted by atomic mass is 10.0. The summed E-state index contributed by atoms with van der Waals surface area (Å²) in [4.78, 5) is 24.7. The zero-order chi connectivity index (χ0) is 22.8. The van der Waals surface area contributed by atoms with E-state index in [1.807, 2.05) is 11.8 Å². The van der Waals surface area contributed by atoms with Crippen molar-refractivity contribution in [3.8, 4) is 5.75 Å². The molecule has 0 spiro atoms. The van der Waals surface area contributed by atoms with Crippen LogP contribution in [0.3, 0.4) is 0 Å². The lowest BCUT2D eigenvalue weighted by Crippen LogP contribution is -2.53. The van der Waals surface area contributed by atoms with E-state index < -0.39 is 28.4 Å². The maximum absolute atomic E-state index is 12.5. The molecule has 1 aliphatic carbocycles. The second-order valence-corrected chi connectivity index (χ2v) is 8.00. The highest BCUT2D eigenvalue weighted by Gasteiger charge is 2.63. The summed E-state index contributed by atoms with van der Waals surface area (Å²) in [6.45, 7) is 4.84. The predicted molar refractivity (Wildman–Crippen MR) is 106 cm³/mol. The van der Waals surface area contributed by atoms with Crippen LogP contribution in [-0.4, -0.2) is 42.1 Å². The van der Waals surface area contributed by atoms with Crippen LogP contribution in [-0.2, 0) is 9.53 Å². The minimum atomic E-state index is -5.03. The molecule has 1 N–H and O–H groups in total. The monoisotopic (exact) mass is 445 g/mol. The summed E-state index contributed by atoms with van der Waals surface area (Å²) in [6, 6.07) is 3.10. The second kappa shape index (κ2) is 8.89. The highest BCUT2D eigenvalue weighted by molar-refractivity contribution is 5.73. The van der Waals surface area contributed by atoms with Crippen molar-refractivity contribution in [3.63, 3.8) is 0 Å². The summed E-state index contributed by atoms with van der Waals surface area (Å²) >= 11 is 0. The molecule has 0 bridgehead atoms. The molecular weight excluding hydrogens is 419 g/mol. The standard InChI is InChI=1S/C20H26F3N3O5/c1-3-4-5-6-13(2)18(27)31-19-12-17(19)25(10-9-24-19)14-7-8-16(30-20(21,22)23)15(11-14)26(28)29/h7-8,11,13,17,24H,3-6,9-10,12H2,1-2H3. The third kappa shape index (κ3) is 5.38. The number of halogens is 3. The molecule has 0 radical (unpaired) electrons. The van der Waals surface area contributed by atoms with Gasteiger partial charge in [0.05, 0.1) is 16.9 Å². The van der Waals surface area contributed by atoms with E-state index in [0.29, 0.717) is 25.2 Å². The van der Waals surface area contributed by atoms with Gasteiger partial charge in [-0.1, -0.05) is 33.1 Å². The van der Waals surface area contributed by atoms with E-state index in [4.69, 9.17) is 4.74 Å². The van der Waals surface area contributed by atoms with Crippen LogP contribution in [0.1, 0.15) is 46.0 Å². The van der Waals surface area contributed by atoms with Gasteiger partial charge in [-0.05, 0) is 18.6 Å². The van der Waals surface area contributed by atoms with Crippen LogP contribution >= 0.6 is 0 Å². The van der Waals surface area contributed by atoms with Crippen molar-refractivity contribution >= 4 is 17.3 Å². The maximum Gasteiger partial charge on any atom is 0.573 e. The first kappa shape index (κ1) is 23.1. The van der Waals surface area contributed by atoms with Crippen molar-refractivity contribution < 1.29 is 32.4 Å². The number of carbonyl (C=O) groups excluding carboxylic acids is 1. The van der Waals surface area contributed by atoms with Crippen LogP contribution in [0, 0.1) is 16.0 Å². The molecule has 0 aromatic heterocycles. The number of alkyl halides is 3. The van der Waals surface area contributed by atoms with Crippen LogP contribution in [0.15, 0.2) is 18.2 Å². The Morgan fingerprint density at radius 1 is 1.42 bits per heavy atom. The van der Waals surface area contributed by atoms with E-state index in [1.54, 1.807) is 0 Å². The van der Waals surface area contributed by atoms with Gasteiger partial charge in [0.2, 0.25) is 5.75 Å². The predicted octanol–water partition coefficient (Wildman–Crippen LogP) is 4.13. The number of hydrogen-bond acceptors (Lipinski definition) is 7. The number of rotatable bonds is 9. The van der Waals surface area contributed by atoms with E-state index in [9.17, 15) is 28.1 Å². The molecular formula is C20H26F3N3O5. The number of ether oxygens (including phenoxy) is 2. The lowest BCUT2D eigenvalue weighted by molar-refractivity contribution is -0.388. The van der Waals surface area contributed by atoms with Crippen LogP contribution in [0.4, 0.5) is 24.5 Å². The summed E-state index contributed by atoms with van der Waals surface area (Å²) in [5.74, 6) is -1.40. The fourth-order valence-electron chi connectivity index (χ4n) is 3.92. The van der Waals surface area contributed by atoms with Crippen LogP contribution in [0.2, 0.25) is 0 Å². The van der Waals surface area contributed by atoms with E-state index in [0.717, 1.165) is 37.8 Å². The average Bonchev–Trinajstić information content (AvgIpc) is 3.41. The largest absolute Gasteiger partial charge is 0.573 e. The fraction of sp³-hybridized carbons (Fsp3) is 0.650. The van der Waals surface area contributed by atoms with Gasteiger partial charge >= 0.3 is 18.0 Å². The number of unbranched alkanes of at least 4 members (excludes halogenated alkanes) is 2. The summed E-state index contributed by atoms with van der Waals surface area (Å²) in [7, 11) is 0. The third-order valence-corrected chi connectivity index (χ3v) is 5.65. The quantitative estimate of drug-likeness (QED) is 0.264. The van der Waals surface area contributed by atoms with Gasteiger partial charge in [-0.2, -0.15) is 0 Å². The molecule has 172 valence electrons. The summed E-state index contributed by atoms with van der Waals surface area (Å²) in [5.41, 5.74) is -1.27. The zero-order valence-electron chi connectivity index (χ0n) is 17.4. The van der Waals surface area contributed by atoms with Gasteiger partial charge in [0.1, 0.15) is 0 Å². The van der Waals surface area contributed by atoms with Crippen molar-refractivity contribution in [2.24, 2.45) is 5.92 Å². The molecule has 8 nitrogen and oxygen atoms in total. The second-order valence-electron chi connectivity index (χ2n) is 8.00. The Morgan fingerprint density at radius 2 is 2.16 bits per heavy atom. The molecule has 0 amide bonds. The van der Waals surface area contributed by atoms with Gasteiger partial charge in [-0.15, -0.1) is 13.2 Å². The number of piperazine rings is 1. The molecule has 2 fully saturated rings. The van der Waals surface area contributed by atoms with Crippen LogP contribution in [0.25, 0.3) is 0 Å². The number of nitro benzene ring substituents is 1. The highest BCUT2D eigenvalue weighted by atomic mass is 19.4. The number of nitrogens with one attached hydrogen (secondary N) is 1. The van der Waals surface area contributed by atoms with Crippen molar-refractivity contribution in [1.29, 1.82) is 0 Å². The van der Waals surface area contributed by atoms with Gasteiger partial charge in [-0.3, -0.25) is 20.2 Å². The fourth-order valence-corrected chi connectivity index (χ4v) is 3.92. The first-order valence-electron chi connectivity index (χ1n) is 10.3. The van der Waals surface area contributed by atoms with Gasteiger partial charge in [0, 0.05) is 31.3 Å². The number of nitro groups is 1. The Labute approximate surface area is 177 Å². The van der Waals surface area contributed by atoms with Gasteiger partial charge in [0.15, 0.2) is 5.72 Å². The van der Waals surface area contributed by atoms with E-state index in [2.05, 4.69) is 17.0 Å². The Balaban J connectivity index is 1.71. The van der Waals surface area contributed by atoms with Crippen LogP contribution < -0.4 is 15.0 Å². The number of nitrogens with zero attached hydrogens (tertiary/aromatic N) is 2. The molecule has 11 heteroatoms. The summed E-state index contributed by atoms with van der Waals surface area (Å²) in [5, 5.41) is 14.5. The zero-order valence-corrected chi connectivity index (χ0v) is 17.4. The molecule has 1 aromatic rings. The maximum atomic E-state index is 12.5. The summed E-state index contributed by atoms with van der Waals surface area (Å²) in [6.07, 6.45) is -0.750. The molecule has 2 aliphatic rings. The van der Waals surface area contributed by atoms with E-state index in [-0.39, 0.29) is 17.9 Å². The Bertz CT molecular complexity index is 835. The Hall–Kier alpha value is -2.56. The van der Waals surface area contributed by atoms with E-state index >= 15 is 0 Å². The van der Waals surface area contributed by atoms with Gasteiger partial charge in [-0.25, -0.2) is 0 Å². The first-order valence-corrected chi connectivity index (χ1v) is 10.3. The SMILES string of the molecule is CCCCCC(C)C(=O)OC12CC1N(c1ccc(OC(F)(F)F)c([N+](=O)[O-])c1)CCN2. The number of anilines is 1. The van der Waals surface area contributed by atoms with Crippen LogP contribution in [0.5, 0.6) is 5.75 Å². The normalized spacial score (nSPS) is 23.6. The summed E-state index contributed by atoms with van der Waals surface area (Å²) < 4.78 is 47.1. The molecule has 1 aromatic carbocycles. The number of esters is 1. The average molecular weight is 445 g/mol. The molecule has 1 heterocycles. The number of benzene rings is 1. The van der Waals surface area contributed by atoms with Gasteiger partial charge < -0.3 is 14.4 Å². The van der Waals surface area contributed by atoms with Crippen molar-refractivity contribution in [2.75, 3.05) is 18.0 Å². The first-order chi connectivity index (χ1) is 14.6. The number of fused-ring (bicyclic) bond motifs is 1. The van der Waals surface area contributed by atoms with Crippen molar-refractivity contribution in [3.05, 3.63) is 28.3 Å². The van der Waals surface area contributed by atoms with Gasteiger partial charge in [0.25, 0.3) is 0 Å². The van der Waals surface area contributed by atoms with Crippen molar-refractivity contribution in [1.82, 2.24) is 5.32 Å². The Kier molecular flexibility index (Phi) is 6.63. The molecule has 3 rings (SSSR count).